The van der Waals surface area contributed by atoms with E-state index < -0.39 is 5.76 Å². The minimum Gasteiger partial charge on any atom is -0.408 e. The molecule has 3 rings (SSSR count). The Hall–Kier alpha value is -2.82. The van der Waals surface area contributed by atoms with E-state index in [1.165, 1.54) is 0 Å². The summed E-state index contributed by atoms with van der Waals surface area (Å²) in [6.07, 6.45) is 1.86. The first kappa shape index (κ1) is 15.1. The number of carbonyl (C=O) groups is 1. The van der Waals surface area contributed by atoms with E-state index in [2.05, 4.69) is 17.2 Å². The molecule has 0 unspecified atom stereocenters. The van der Waals surface area contributed by atoms with Crippen LogP contribution in [0.25, 0.3) is 11.1 Å². The minimum atomic E-state index is -0.467. The van der Waals surface area contributed by atoms with E-state index in [0.29, 0.717) is 23.9 Å². The number of aromatic nitrogens is 1. The Morgan fingerprint density at radius 2 is 2.04 bits per heavy atom. The smallest absolute Gasteiger partial charge is 0.408 e. The van der Waals surface area contributed by atoms with Crippen molar-refractivity contribution >= 4 is 22.7 Å². The van der Waals surface area contributed by atoms with Gasteiger partial charge in [0.1, 0.15) is 0 Å². The number of carbonyl (C=O) groups excluding carboxylic acids is 1. The van der Waals surface area contributed by atoms with E-state index in [4.69, 9.17) is 4.42 Å². The summed E-state index contributed by atoms with van der Waals surface area (Å²) in [6, 6.07) is 13.3. The van der Waals surface area contributed by atoms with Crippen LogP contribution in [0.2, 0.25) is 0 Å². The molecule has 2 N–H and O–H groups in total. The van der Waals surface area contributed by atoms with Gasteiger partial charge in [0, 0.05) is 12.1 Å². The summed E-state index contributed by atoms with van der Waals surface area (Å²) in [5.41, 5.74) is 4.16. The molecule has 1 heterocycles. The van der Waals surface area contributed by atoms with E-state index in [1.54, 1.807) is 6.07 Å². The van der Waals surface area contributed by atoms with E-state index >= 15 is 0 Å². The van der Waals surface area contributed by atoms with Crippen LogP contribution >= 0.6 is 0 Å². The largest absolute Gasteiger partial charge is 0.417 e. The summed E-state index contributed by atoms with van der Waals surface area (Å²) in [6.45, 7) is 2.06. The molecule has 0 aliphatic carbocycles. The Bertz CT molecular complexity index is 892. The topological polar surface area (TPSA) is 75.1 Å². The molecular formula is C18H18N2O3. The zero-order valence-corrected chi connectivity index (χ0v) is 12.9. The minimum absolute atomic E-state index is 0.0216. The van der Waals surface area contributed by atoms with Crippen LogP contribution in [0, 0.1) is 0 Å². The monoisotopic (exact) mass is 310 g/mol. The molecule has 1 amide bonds. The third-order valence-corrected chi connectivity index (χ3v) is 3.80. The number of H-pyrrole nitrogens is 1. The number of nitrogens with one attached hydrogen (secondary N) is 2. The van der Waals surface area contributed by atoms with Crippen molar-refractivity contribution in [1.29, 1.82) is 0 Å². The van der Waals surface area contributed by atoms with Gasteiger partial charge in [-0.2, -0.15) is 0 Å². The van der Waals surface area contributed by atoms with Crippen LogP contribution in [0.5, 0.6) is 0 Å². The maximum Gasteiger partial charge on any atom is 0.417 e. The molecule has 0 saturated carbocycles. The van der Waals surface area contributed by atoms with Crippen LogP contribution in [-0.4, -0.2) is 10.9 Å². The number of oxazole rings is 1. The molecule has 5 nitrogen and oxygen atoms in total. The van der Waals surface area contributed by atoms with Crippen molar-refractivity contribution < 1.29 is 9.21 Å². The number of amides is 1. The fourth-order valence-electron chi connectivity index (χ4n) is 2.58. The van der Waals surface area contributed by atoms with Gasteiger partial charge in [0.05, 0.1) is 5.52 Å². The van der Waals surface area contributed by atoms with Gasteiger partial charge in [0.25, 0.3) is 0 Å². The van der Waals surface area contributed by atoms with Gasteiger partial charge in [0.2, 0.25) is 5.91 Å². The predicted octanol–water partition coefficient (Wildman–Crippen LogP) is 3.25. The Morgan fingerprint density at radius 3 is 2.87 bits per heavy atom. The molecule has 0 bridgehead atoms. The number of aromatic amines is 1. The normalized spacial score (nSPS) is 10.8. The van der Waals surface area contributed by atoms with Crippen molar-refractivity contribution in [3.8, 4) is 0 Å². The van der Waals surface area contributed by atoms with E-state index in [9.17, 15) is 9.59 Å². The number of benzene rings is 2. The number of hydrogen-bond acceptors (Lipinski definition) is 3. The second-order valence-corrected chi connectivity index (χ2v) is 5.40. The van der Waals surface area contributed by atoms with Gasteiger partial charge in [-0.05, 0) is 42.2 Å². The molecule has 3 aromatic rings. The first-order valence-corrected chi connectivity index (χ1v) is 7.65. The molecule has 118 valence electrons. The molecule has 0 aliphatic heterocycles. The lowest BCUT2D eigenvalue weighted by atomic mass is 10.1. The molecule has 23 heavy (non-hydrogen) atoms. The molecule has 0 spiro atoms. The Morgan fingerprint density at radius 1 is 1.22 bits per heavy atom. The zero-order valence-electron chi connectivity index (χ0n) is 12.9. The average molecular weight is 310 g/mol. The summed E-state index contributed by atoms with van der Waals surface area (Å²) in [5, 5.41) is 2.96. The molecular weight excluding hydrogens is 292 g/mol. The van der Waals surface area contributed by atoms with Gasteiger partial charge in [-0.15, -0.1) is 0 Å². The summed E-state index contributed by atoms with van der Waals surface area (Å²) < 4.78 is 4.96. The summed E-state index contributed by atoms with van der Waals surface area (Å²) in [5.74, 6) is -0.488. The maximum absolute atomic E-state index is 12.1. The van der Waals surface area contributed by atoms with Gasteiger partial charge in [-0.25, -0.2) is 4.79 Å². The van der Waals surface area contributed by atoms with E-state index in [1.807, 2.05) is 36.4 Å². The highest BCUT2D eigenvalue weighted by Crippen LogP contribution is 2.17. The van der Waals surface area contributed by atoms with E-state index in [-0.39, 0.29) is 5.91 Å². The number of anilines is 1. The SMILES string of the molecule is CCc1ccccc1NC(=O)CCc1ccc2oc(=O)[nH]c2c1. The highest BCUT2D eigenvalue weighted by atomic mass is 16.4. The molecule has 0 fully saturated rings. The lowest BCUT2D eigenvalue weighted by Gasteiger charge is -2.09. The first-order valence-electron chi connectivity index (χ1n) is 7.65. The number of hydrogen-bond donors (Lipinski definition) is 2. The van der Waals surface area contributed by atoms with Gasteiger partial charge >= 0.3 is 5.76 Å². The molecule has 0 radical (unpaired) electrons. The number of fused-ring (bicyclic) bond motifs is 1. The zero-order chi connectivity index (χ0) is 16.2. The maximum atomic E-state index is 12.1. The van der Waals surface area contributed by atoms with Crippen LogP contribution in [0.1, 0.15) is 24.5 Å². The molecule has 0 atom stereocenters. The van der Waals surface area contributed by atoms with E-state index in [0.717, 1.165) is 23.2 Å². The second-order valence-electron chi connectivity index (χ2n) is 5.40. The third kappa shape index (κ3) is 3.51. The highest BCUT2D eigenvalue weighted by molar-refractivity contribution is 5.91. The Kier molecular flexibility index (Phi) is 4.28. The number of para-hydroxylation sites is 1. The highest BCUT2D eigenvalue weighted by Gasteiger charge is 2.07. The molecule has 2 aromatic carbocycles. The molecule has 0 saturated heterocycles. The first-order chi connectivity index (χ1) is 11.2. The fourth-order valence-corrected chi connectivity index (χ4v) is 2.58. The number of aryl methyl sites for hydroxylation is 2. The summed E-state index contributed by atoms with van der Waals surface area (Å²) in [7, 11) is 0. The average Bonchev–Trinajstić information content (AvgIpc) is 2.92. The second kappa shape index (κ2) is 6.52. The van der Waals surface area contributed by atoms with Crippen molar-refractivity contribution in [2.24, 2.45) is 0 Å². The lowest BCUT2D eigenvalue weighted by molar-refractivity contribution is -0.116. The van der Waals surface area contributed by atoms with Crippen molar-refractivity contribution in [1.82, 2.24) is 4.98 Å². The lowest BCUT2D eigenvalue weighted by Crippen LogP contribution is -2.13. The molecule has 5 heteroatoms. The van der Waals surface area contributed by atoms with Crippen LogP contribution < -0.4 is 11.1 Å². The van der Waals surface area contributed by atoms with Gasteiger partial charge in [-0.3, -0.25) is 9.78 Å². The van der Waals surface area contributed by atoms with Crippen LogP contribution in [0.3, 0.4) is 0 Å². The van der Waals surface area contributed by atoms with Crippen molar-refractivity contribution in [2.45, 2.75) is 26.2 Å². The summed E-state index contributed by atoms with van der Waals surface area (Å²) >= 11 is 0. The van der Waals surface area contributed by atoms with Gasteiger partial charge < -0.3 is 9.73 Å². The van der Waals surface area contributed by atoms with Gasteiger partial charge in [0.15, 0.2) is 5.58 Å². The third-order valence-electron chi connectivity index (χ3n) is 3.80. The molecule has 0 aliphatic rings. The number of rotatable bonds is 5. The fraction of sp³-hybridized carbons (Fsp3) is 0.222. The summed E-state index contributed by atoms with van der Waals surface area (Å²) in [4.78, 5) is 25.9. The standard InChI is InChI=1S/C18H18N2O3/c1-2-13-5-3-4-6-14(13)19-17(21)10-8-12-7-9-16-15(11-12)20-18(22)23-16/h3-7,9,11H,2,8,10H2,1H3,(H,19,21)(H,20,22). The van der Waals surface area contributed by atoms with Crippen LogP contribution in [0.15, 0.2) is 51.7 Å². The van der Waals surface area contributed by atoms with Crippen LogP contribution in [-0.2, 0) is 17.6 Å². The predicted molar refractivity (Wildman–Crippen MR) is 89.6 cm³/mol. The van der Waals surface area contributed by atoms with Crippen molar-refractivity contribution in [3.63, 3.8) is 0 Å². The van der Waals surface area contributed by atoms with Crippen molar-refractivity contribution in [2.75, 3.05) is 5.32 Å². The Labute approximate surface area is 133 Å². The Balaban J connectivity index is 1.64. The van der Waals surface area contributed by atoms with Crippen LogP contribution in [0.4, 0.5) is 5.69 Å². The molecule has 1 aromatic heterocycles. The quantitative estimate of drug-likeness (QED) is 0.759. The van der Waals surface area contributed by atoms with Crippen molar-refractivity contribution in [3.05, 3.63) is 64.1 Å². The van der Waals surface area contributed by atoms with Gasteiger partial charge in [-0.1, -0.05) is 31.2 Å².